The van der Waals surface area contributed by atoms with Crippen LogP contribution in [0.15, 0.2) is 53.0 Å². The maximum atomic E-state index is 12.2. The van der Waals surface area contributed by atoms with Crippen LogP contribution in [-0.4, -0.2) is 29.9 Å². The van der Waals surface area contributed by atoms with Crippen molar-refractivity contribution in [2.24, 2.45) is 0 Å². The third-order valence-corrected chi connectivity index (χ3v) is 5.55. The number of nitrogens with zero attached hydrogens (tertiary/aromatic N) is 1. The molecule has 2 aromatic carbocycles. The number of aryl methyl sites for hydroxylation is 1. The third kappa shape index (κ3) is 6.11. The van der Waals surface area contributed by atoms with Gasteiger partial charge in [-0.3, -0.25) is 9.69 Å². The van der Waals surface area contributed by atoms with Crippen molar-refractivity contribution >= 4 is 33.4 Å². The Morgan fingerprint density at radius 2 is 1.85 bits per heavy atom. The molecule has 1 heterocycles. The smallest absolute Gasteiger partial charge is 0.220 e. The molecule has 2 aromatic rings. The van der Waals surface area contributed by atoms with Crippen molar-refractivity contribution < 1.29 is 4.79 Å². The molecule has 1 aliphatic rings. The molecule has 0 bridgehead atoms. The molecule has 5 heteroatoms. The number of hydrogen-bond donors (Lipinski definition) is 1. The number of nitrogens with one attached hydrogen (secondary N) is 1. The summed E-state index contributed by atoms with van der Waals surface area (Å²) in [6.07, 6.45) is 3.34. The fourth-order valence-electron chi connectivity index (χ4n) is 3.33. The molecule has 0 unspecified atom stereocenters. The summed E-state index contributed by atoms with van der Waals surface area (Å²) in [7, 11) is 0. The quantitative estimate of drug-likeness (QED) is 0.706. The number of carbonyl (C=O) groups excluding carboxylic acids is 1. The molecule has 0 atom stereocenters. The van der Waals surface area contributed by atoms with E-state index in [4.69, 9.17) is 11.6 Å². The highest BCUT2D eigenvalue weighted by molar-refractivity contribution is 9.10. The summed E-state index contributed by atoms with van der Waals surface area (Å²) in [4.78, 5) is 14.7. The molecule has 0 aromatic heterocycles. The van der Waals surface area contributed by atoms with Gasteiger partial charge in [0.15, 0.2) is 0 Å². The maximum absolute atomic E-state index is 12.2. The average molecular weight is 436 g/mol. The third-order valence-electron chi connectivity index (χ3n) is 4.80. The second kappa shape index (κ2) is 9.54. The van der Waals surface area contributed by atoms with Crippen LogP contribution < -0.4 is 5.32 Å². The van der Waals surface area contributed by atoms with Crippen LogP contribution in [0.1, 0.15) is 30.4 Å². The van der Waals surface area contributed by atoms with Crippen molar-refractivity contribution in [3.05, 3.63) is 69.2 Å². The monoisotopic (exact) mass is 434 g/mol. The summed E-state index contributed by atoms with van der Waals surface area (Å²) in [5, 5.41) is 3.98. The van der Waals surface area contributed by atoms with E-state index < -0.39 is 0 Å². The molecule has 3 nitrogen and oxygen atoms in total. The molecule has 26 heavy (non-hydrogen) atoms. The number of benzene rings is 2. The van der Waals surface area contributed by atoms with Gasteiger partial charge in [-0.15, -0.1) is 0 Å². The topological polar surface area (TPSA) is 32.3 Å². The summed E-state index contributed by atoms with van der Waals surface area (Å²) in [6, 6.07) is 16.5. The van der Waals surface area contributed by atoms with Gasteiger partial charge in [0.25, 0.3) is 0 Å². The van der Waals surface area contributed by atoms with E-state index in [1.54, 1.807) is 0 Å². The van der Waals surface area contributed by atoms with Gasteiger partial charge in [-0.1, -0.05) is 51.8 Å². The minimum Gasteiger partial charge on any atom is -0.353 e. The molecule has 1 saturated heterocycles. The largest absolute Gasteiger partial charge is 0.353 e. The van der Waals surface area contributed by atoms with E-state index in [0.717, 1.165) is 48.4 Å². The Labute approximate surface area is 168 Å². The summed E-state index contributed by atoms with van der Waals surface area (Å²) >= 11 is 9.41. The minimum atomic E-state index is 0.154. The maximum Gasteiger partial charge on any atom is 0.220 e. The number of amides is 1. The lowest BCUT2D eigenvalue weighted by Gasteiger charge is -2.32. The summed E-state index contributed by atoms with van der Waals surface area (Å²) in [6.45, 7) is 2.97. The fourth-order valence-corrected chi connectivity index (χ4v) is 3.91. The number of rotatable bonds is 6. The zero-order valence-corrected chi connectivity index (χ0v) is 17.1. The van der Waals surface area contributed by atoms with Gasteiger partial charge >= 0.3 is 0 Å². The standard InChI is InChI=1S/C21H24BrClN2O/c22-18-3-1-2-16(14-18)6-9-21(26)24-20-10-12-25(13-11-20)15-17-4-7-19(23)8-5-17/h1-5,7-8,14,20H,6,9-13,15H2,(H,24,26). The summed E-state index contributed by atoms with van der Waals surface area (Å²) < 4.78 is 1.06. The van der Waals surface area contributed by atoms with Crippen LogP contribution in [0.4, 0.5) is 0 Å². The van der Waals surface area contributed by atoms with Gasteiger partial charge in [-0.2, -0.15) is 0 Å². The van der Waals surface area contributed by atoms with Crippen molar-refractivity contribution in [1.82, 2.24) is 10.2 Å². The number of piperidine rings is 1. The first kappa shape index (κ1) is 19.4. The molecule has 1 amide bonds. The Bertz CT molecular complexity index is 727. The molecule has 1 aliphatic heterocycles. The summed E-state index contributed by atoms with van der Waals surface area (Å²) in [5.74, 6) is 0.154. The second-order valence-electron chi connectivity index (χ2n) is 6.87. The van der Waals surface area contributed by atoms with Crippen molar-refractivity contribution in [3.8, 4) is 0 Å². The van der Waals surface area contributed by atoms with Crippen LogP contribution in [0.5, 0.6) is 0 Å². The van der Waals surface area contributed by atoms with Gasteiger partial charge in [0.1, 0.15) is 0 Å². The van der Waals surface area contributed by atoms with Crippen LogP contribution in [0.25, 0.3) is 0 Å². The zero-order valence-electron chi connectivity index (χ0n) is 14.8. The van der Waals surface area contributed by atoms with Gasteiger partial charge in [0.05, 0.1) is 0 Å². The molecular weight excluding hydrogens is 412 g/mol. The van der Waals surface area contributed by atoms with E-state index in [1.807, 2.05) is 24.3 Å². The molecule has 0 saturated carbocycles. The zero-order chi connectivity index (χ0) is 18.4. The van der Waals surface area contributed by atoms with Crippen LogP contribution >= 0.6 is 27.5 Å². The first-order chi connectivity index (χ1) is 12.6. The molecule has 0 aliphatic carbocycles. The number of halogens is 2. The Kier molecular flexibility index (Phi) is 7.12. The SMILES string of the molecule is O=C(CCc1cccc(Br)c1)NC1CCN(Cc2ccc(Cl)cc2)CC1. The predicted octanol–water partition coefficient (Wildman–Crippen LogP) is 4.82. The van der Waals surface area contributed by atoms with Gasteiger partial charge in [-0.25, -0.2) is 0 Å². The van der Waals surface area contributed by atoms with E-state index >= 15 is 0 Å². The predicted molar refractivity (Wildman–Crippen MR) is 110 cm³/mol. The van der Waals surface area contributed by atoms with Crippen molar-refractivity contribution in [3.63, 3.8) is 0 Å². The van der Waals surface area contributed by atoms with E-state index in [-0.39, 0.29) is 5.91 Å². The minimum absolute atomic E-state index is 0.154. The van der Waals surface area contributed by atoms with E-state index in [1.165, 1.54) is 11.1 Å². The summed E-state index contributed by atoms with van der Waals surface area (Å²) in [5.41, 5.74) is 2.47. The van der Waals surface area contributed by atoms with Crippen LogP contribution in [-0.2, 0) is 17.8 Å². The fraction of sp³-hybridized carbons (Fsp3) is 0.381. The highest BCUT2D eigenvalue weighted by atomic mass is 79.9. The Hall–Kier alpha value is -1.36. The average Bonchev–Trinajstić information content (AvgIpc) is 2.64. The molecule has 3 rings (SSSR count). The first-order valence-electron chi connectivity index (χ1n) is 9.09. The molecule has 1 fully saturated rings. The van der Waals surface area contributed by atoms with Crippen LogP contribution in [0, 0.1) is 0 Å². The van der Waals surface area contributed by atoms with Crippen molar-refractivity contribution in [2.75, 3.05) is 13.1 Å². The van der Waals surface area contributed by atoms with Gasteiger partial charge in [0.2, 0.25) is 5.91 Å². The van der Waals surface area contributed by atoms with Gasteiger partial charge in [0, 0.05) is 41.6 Å². The Morgan fingerprint density at radius 1 is 1.12 bits per heavy atom. The second-order valence-corrected chi connectivity index (χ2v) is 8.23. The van der Waals surface area contributed by atoms with E-state index in [0.29, 0.717) is 12.5 Å². The van der Waals surface area contributed by atoms with Crippen molar-refractivity contribution in [2.45, 2.75) is 38.3 Å². The lowest BCUT2D eigenvalue weighted by molar-refractivity contribution is -0.122. The molecule has 0 spiro atoms. The number of likely N-dealkylation sites (tertiary alicyclic amines) is 1. The highest BCUT2D eigenvalue weighted by Crippen LogP contribution is 2.17. The highest BCUT2D eigenvalue weighted by Gasteiger charge is 2.20. The Balaban J connectivity index is 1.38. The Morgan fingerprint density at radius 3 is 2.54 bits per heavy atom. The molecule has 0 radical (unpaired) electrons. The van der Waals surface area contributed by atoms with Gasteiger partial charge in [-0.05, 0) is 54.7 Å². The lowest BCUT2D eigenvalue weighted by Crippen LogP contribution is -2.44. The lowest BCUT2D eigenvalue weighted by atomic mass is 10.0. The number of hydrogen-bond acceptors (Lipinski definition) is 2. The molecule has 1 N–H and O–H groups in total. The van der Waals surface area contributed by atoms with Crippen LogP contribution in [0.3, 0.4) is 0 Å². The first-order valence-corrected chi connectivity index (χ1v) is 10.3. The van der Waals surface area contributed by atoms with Crippen LogP contribution in [0.2, 0.25) is 5.02 Å². The van der Waals surface area contributed by atoms with Crippen molar-refractivity contribution in [1.29, 1.82) is 0 Å². The van der Waals surface area contributed by atoms with E-state index in [9.17, 15) is 4.79 Å². The van der Waals surface area contributed by atoms with E-state index in [2.05, 4.69) is 50.4 Å². The molecule has 138 valence electrons. The number of carbonyl (C=O) groups is 1. The normalized spacial score (nSPS) is 15.8. The molecular formula is C21H24BrClN2O. The van der Waals surface area contributed by atoms with Gasteiger partial charge < -0.3 is 5.32 Å².